The van der Waals surface area contributed by atoms with Gasteiger partial charge >= 0.3 is 0 Å². The van der Waals surface area contributed by atoms with Gasteiger partial charge in [-0.3, -0.25) is 0 Å². The molecule has 0 bridgehead atoms. The molecule has 0 atom stereocenters. The highest BCUT2D eigenvalue weighted by Gasteiger charge is 2.33. The highest BCUT2D eigenvalue weighted by Crippen LogP contribution is 2.43. The molecule has 121 valence electrons. The minimum atomic E-state index is -0.667. The Morgan fingerprint density at radius 1 is 0.583 bits per heavy atom. The molecule has 1 radical (unpaired) electrons. The molecule has 0 saturated heterocycles. The maximum atomic E-state index is 6.18. The summed E-state index contributed by atoms with van der Waals surface area (Å²) >= 11 is 6.18. The molecule has 0 aromatic heterocycles. The lowest BCUT2D eigenvalue weighted by molar-refractivity contribution is 0.414. The third kappa shape index (κ3) is 3.00. The Morgan fingerprint density at radius 2 is 0.958 bits per heavy atom. The van der Waals surface area contributed by atoms with Crippen LogP contribution in [0.4, 0.5) is 0 Å². The fourth-order valence-electron chi connectivity index (χ4n) is 2.82. The van der Waals surface area contributed by atoms with E-state index in [1.54, 1.807) is 14.2 Å². The van der Waals surface area contributed by atoms with Crippen LogP contribution >= 0.6 is 12.6 Å². The largest absolute Gasteiger partial charge is 0.497 e. The van der Waals surface area contributed by atoms with Crippen LogP contribution in [0.25, 0.3) is 0 Å². The van der Waals surface area contributed by atoms with Crippen molar-refractivity contribution in [3.8, 4) is 11.5 Å². The van der Waals surface area contributed by atoms with Gasteiger partial charge in [0.25, 0.3) is 0 Å². The van der Waals surface area contributed by atoms with Gasteiger partial charge in [0.15, 0.2) is 0 Å². The Morgan fingerprint density at radius 3 is 1.33 bits per heavy atom. The molecule has 3 rings (SSSR count). The summed E-state index contributed by atoms with van der Waals surface area (Å²) in [6.45, 7) is 0. The molecule has 0 heterocycles. The van der Waals surface area contributed by atoms with Crippen molar-refractivity contribution >= 4 is 12.6 Å². The quantitative estimate of drug-likeness (QED) is 0.597. The van der Waals surface area contributed by atoms with E-state index >= 15 is 0 Å². The summed E-state index contributed by atoms with van der Waals surface area (Å²) in [4.78, 5) is 0. The molecule has 0 aliphatic carbocycles. The van der Waals surface area contributed by atoms with Crippen LogP contribution < -0.4 is 9.47 Å². The zero-order chi connectivity index (χ0) is 17.0. The average Bonchev–Trinajstić information content (AvgIpc) is 2.68. The van der Waals surface area contributed by atoms with Gasteiger partial charge < -0.3 is 9.47 Å². The number of hydrogen-bond donors (Lipinski definition) is 0. The first-order valence-corrected chi connectivity index (χ1v) is 8.14. The Kier molecular flexibility index (Phi) is 4.81. The smallest absolute Gasteiger partial charge is 0.118 e. The topological polar surface area (TPSA) is 18.5 Å². The van der Waals surface area contributed by atoms with Crippen LogP contribution in [-0.4, -0.2) is 14.2 Å². The first-order valence-electron chi connectivity index (χ1n) is 7.73. The normalized spacial score (nSPS) is 11.1. The maximum Gasteiger partial charge on any atom is 0.118 e. The van der Waals surface area contributed by atoms with Crippen LogP contribution in [0.2, 0.25) is 0 Å². The van der Waals surface area contributed by atoms with Crippen molar-refractivity contribution < 1.29 is 9.47 Å². The first-order chi connectivity index (χ1) is 11.7. The fraction of sp³-hybridized carbons (Fsp3) is 0.143. The number of rotatable bonds is 5. The minimum absolute atomic E-state index is 0.667. The van der Waals surface area contributed by atoms with Crippen molar-refractivity contribution in [3.63, 3.8) is 0 Å². The van der Waals surface area contributed by atoms with Crippen LogP contribution in [0.1, 0.15) is 16.7 Å². The predicted molar refractivity (Wildman–Crippen MR) is 99.9 cm³/mol. The zero-order valence-corrected chi connectivity index (χ0v) is 14.5. The SMILES string of the molecule is COc1ccc(C([S])(c2ccccc2)c2ccc(OC)cc2)cc1. The summed E-state index contributed by atoms with van der Waals surface area (Å²) in [6.07, 6.45) is 0. The van der Waals surface area contributed by atoms with Crippen LogP contribution in [-0.2, 0) is 4.75 Å². The summed E-state index contributed by atoms with van der Waals surface area (Å²) in [5.41, 5.74) is 3.14. The van der Waals surface area contributed by atoms with E-state index in [0.717, 1.165) is 28.2 Å². The molecule has 0 spiro atoms. The standard InChI is InChI=1S/C21H19O2S/c1-22-19-12-8-17(9-13-19)21(24,16-6-4-3-5-7-16)18-10-14-20(23-2)15-11-18/h3-15H,1-2H3. The van der Waals surface area contributed by atoms with E-state index < -0.39 is 4.75 Å². The van der Waals surface area contributed by atoms with Gasteiger partial charge in [0.1, 0.15) is 16.2 Å². The Labute approximate surface area is 148 Å². The molecule has 3 heteroatoms. The van der Waals surface area contributed by atoms with Gasteiger partial charge in [0, 0.05) is 0 Å². The van der Waals surface area contributed by atoms with E-state index in [1.165, 1.54) is 0 Å². The van der Waals surface area contributed by atoms with Crippen molar-refractivity contribution in [1.29, 1.82) is 0 Å². The molecule has 3 aromatic carbocycles. The predicted octanol–water partition coefficient (Wildman–Crippen LogP) is 5.19. The summed E-state index contributed by atoms with van der Waals surface area (Å²) in [7, 11) is 3.33. The molecular weight excluding hydrogens is 316 g/mol. The van der Waals surface area contributed by atoms with Crippen LogP contribution in [0.15, 0.2) is 78.9 Å². The van der Waals surface area contributed by atoms with E-state index in [4.69, 9.17) is 22.1 Å². The molecule has 3 aromatic rings. The second kappa shape index (κ2) is 7.02. The monoisotopic (exact) mass is 335 g/mol. The Bertz CT molecular complexity index is 733. The first kappa shape index (κ1) is 16.5. The Balaban J connectivity index is 2.16. The lowest BCUT2D eigenvalue weighted by Gasteiger charge is -2.30. The van der Waals surface area contributed by atoms with Gasteiger partial charge in [-0.25, -0.2) is 0 Å². The number of ether oxygens (including phenoxy) is 2. The molecule has 0 saturated carbocycles. The second-order valence-electron chi connectivity index (χ2n) is 5.50. The lowest BCUT2D eigenvalue weighted by Crippen LogP contribution is -2.22. The van der Waals surface area contributed by atoms with Crippen molar-refractivity contribution in [2.45, 2.75) is 4.75 Å². The molecular formula is C21H19O2S. The lowest BCUT2D eigenvalue weighted by atomic mass is 9.84. The van der Waals surface area contributed by atoms with Gasteiger partial charge in [-0.2, -0.15) is 0 Å². The van der Waals surface area contributed by atoms with E-state index in [2.05, 4.69) is 12.1 Å². The fourth-order valence-corrected chi connectivity index (χ4v) is 3.23. The molecule has 0 unspecified atom stereocenters. The molecule has 0 aliphatic rings. The van der Waals surface area contributed by atoms with Crippen molar-refractivity contribution in [3.05, 3.63) is 95.6 Å². The van der Waals surface area contributed by atoms with Crippen LogP contribution in [0.5, 0.6) is 11.5 Å². The van der Waals surface area contributed by atoms with Gasteiger partial charge in [0.05, 0.1) is 14.2 Å². The third-order valence-corrected chi connectivity index (χ3v) is 4.88. The average molecular weight is 335 g/mol. The Hall–Kier alpha value is -2.39. The second-order valence-corrected chi connectivity index (χ2v) is 6.12. The molecule has 0 aliphatic heterocycles. The maximum absolute atomic E-state index is 6.18. The van der Waals surface area contributed by atoms with Crippen LogP contribution in [0.3, 0.4) is 0 Å². The number of benzene rings is 3. The molecule has 2 nitrogen and oxygen atoms in total. The number of hydrogen-bond acceptors (Lipinski definition) is 2. The summed E-state index contributed by atoms with van der Waals surface area (Å²) in [5, 5.41) is 0. The van der Waals surface area contributed by atoms with Crippen molar-refractivity contribution in [1.82, 2.24) is 0 Å². The summed E-state index contributed by atoms with van der Waals surface area (Å²) in [5.74, 6) is 1.64. The van der Waals surface area contributed by atoms with Crippen molar-refractivity contribution in [2.24, 2.45) is 0 Å². The van der Waals surface area contributed by atoms with Gasteiger partial charge in [-0.15, -0.1) is 0 Å². The molecule has 0 fully saturated rings. The third-order valence-electron chi connectivity index (χ3n) is 4.17. The molecule has 24 heavy (non-hydrogen) atoms. The van der Waals surface area contributed by atoms with E-state index in [-0.39, 0.29) is 0 Å². The minimum Gasteiger partial charge on any atom is -0.497 e. The summed E-state index contributed by atoms with van der Waals surface area (Å²) < 4.78 is 9.88. The number of methoxy groups -OCH3 is 2. The zero-order valence-electron chi connectivity index (χ0n) is 13.7. The van der Waals surface area contributed by atoms with E-state index in [1.807, 2.05) is 66.7 Å². The van der Waals surface area contributed by atoms with Crippen LogP contribution in [0, 0.1) is 0 Å². The molecule has 0 amide bonds. The highest BCUT2D eigenvalue weighted by molar-refractivity contribution is 7.81. The van der Waals surface area contributed by atoms with E-state index in [9.17, 15) is 0 Å². The van der Waals surface area contributed by atoms with Gasteiger partial charge in [-0.05, 0) is 41.0 Å². The summed E-state index contributed by atoms with van der Waals surface area (Å²) in [6, 6.07) is 26.1. The van der Waals surface area contributed by atoms with E-state index in [0.29, 0.717) is 0 Å². The molecule has 0 N–H and O–H groups in total. The van der Waals surface area contributed by atoms with Crippen molar-refractivity contribution in [2.75, 3.05) is 14.2 Å². The highest BCUT2D eigenvalue weighted by atomic mass is 32.1. The van der Waals surface area contributed by atoms with Gasteiger partial charge in [0.2, 0.25) is 0 Å². The van der Waals surface area contributed by atoms with Gasteiger partial charge in [-0.1, -0.05) is 67.2 Å².